The highest BCUT2D eigenvalue weighted by Gasteiger charge is 2.26. The lowest BCUT2D eigenvalue weighted by Gasteiger charge is -2.12. The molecule has 9 heteroatoms. The van der Waals surface area contributed by atoms with Crippen LogP contribution >= 0.6 is 0 Å². The molecule has 1 aliphatic rings. The summed E-state index contributed by atoms with van der Waals surface area (Å²) in [6.07, 6.45) is 0.0543. The van der Waals surface area contributed by atoms with Crippen LogP contribution in [0.2, 0.25) is 0 Å². The van der Waals surface area contributed by atoms with Crippen LogP contribution in [-0.4, -0.2) is 17.5 Å². The molecule has 33 heavy (non-hydrogen) atoms. The van der Waals surface area contributed by atoms with E-state index in [2.05, 4.69) is 10.4 Å². The maximum Gasteiger partial charge on any atom is 0.253 e. The first-order valence-electron chi connectivity index (χ1n) is 9.95. The van der Waals surface area contributed by atoms with E-state index in [0.29, 0.717) is 11.4 Å². The van der Waals surface area contributed by atoms with E-state index in [1.165, 1.54) is 30.3 Å². The molecule has 0 atom stereocenters. The van der Waals surface area contributed by atoms with Crippen LogP contribution in [0.3, 0.4) is 0 Å². The molecule has 3 aromatic rings. The number of carbonyl (C=O) groups excluding carboxylic acids is 2. The number of rotatable bonds is 6. The van der Waals surface area contributed by atoms with E-state index in [0.717, 1.165) is 35.3 Å². The van der Waals surface area contributed by atoms with Crippen molar-refractivity contribution in [1.29, 1.82) is 0 Å². The summed E-state index contributed by atoms with van der Waals surface area (Å²) in [5.74, 6) is -3.65. The van der Waals surface area contributed by atoms with E-state index < -0.39 is 29.2 Å². The molecule has 5 nitrogen and oxygen atoms in total. The van der Waals surface area contributed by atoms with E-state index >= 15 is 0 Å². The van der Waals surface area contributed by atoms with Crippen LogP contribution in [0.1, 0.15) is 27.9 Å². The summed E-state index contributed by atoms with van der Waals surface area (Å²) in [5, 5.41) is 7.96. The van der Waals surface area contributed by atoms with Crippen molar-refractivity contribution in [3.05, 3.63) is 101 Å². The minimum absolute atomic E-state index is 0.0107. The van der Waals surface area contributed by atoms with Gasteiger partial charge in [-0.1, -0.05) is 6.07 Å². The van der Waals surface area contributed by atoms with E-state index in [1.54, 1.807) is 0 Å². The molecule has 0 unspecified atom stereocenters. The molecule has 0 aliphatic carbocycles. The molecule has 0 saturated carbocycles. The third-order valence-corrected chi connectivity index (χ3v) is 4.99. The quantitative estimate of drug-likeness (QED) is 0.556. The molecule has 1 N–H and O–H groups in total. The zero-order valence-electron chi connectivity index (χ0n) is 17.1. The van der Waals surface area contributed by atoms with Crippen molar-refractivity contribution in [3.8, 4) is 0 Å². The second kappa shape index (κ2) is 9.23. The average molecular weight is 455 g/mol. The minimum Gasteiger partial charge on any atom is -0.348 e. The van der Waals surface area contributed by atoms with Gasteiger partial charge in [-0.15, -0.1) is 0 Å². The molecule has 4 rings (SSSR count). The first-order valence-corrected chi connectivity index (χ1v) is 9.95. The number of carbonyl (C=O) groups is 2. The van der Waals surface area contributed by atoms with Gasteiger partial charge in [0.15, 0.2) is 0 Å². The van der Waals surface area contributed by atoms with Crippen molar-refractivity contribution < 1.29 is 27.2 Å². The summed E-state index contributed by atoms with van der Waals surface area (Å²) in [7, 11) is 0. The third-order valence-electron chi connectivity index (χ3n) is 4.99. The molecule has 0 saturated heterocycles. The van der Waals surface area contributed by atoms with Crippen LogP contribution in [0.15, 0.2) is 65.8 Å². The first kappa shape index (κ1) is 22.2. The van der Waals surface area contributed by atoms with Crippen molar-refractivity contribution in [2.75, 3.05) is 5.01 Å². The smallest absolute Gasteiger partial charge is 0.253 e. The Bertz CT molecular complexity index is 1240. The Labute approximate surface area is 186 Å². The highest BCUT2D eigenvalue weighted by molar-refractivity contribution is 6.13. The topological polar surface area (TPSA) is 61.8 Å². The highest BCUT2D eigenvalue weighted by atomic mass is 19.1. The van der Waals surface area contributed by atoms with Gasteiger partial charge in [0.05, 0.1) is 17.8 Å². The lowest BCUT2D eigenvalue weighted by molar-refractivity contribution is -0.116. The molecule has 168 valence electrons. The molecule has 3 aromatic carbocycles. The fraction of sp³-hybridized carbons (Fsp3) is 0.125. The number of nitrogens with one attached hydrogen (secondary N) is 1. The second-order valence-electron chi connectivity index (χ2n) is 7.47. The Balaban J connectivity index is 1.41. The molecular weight excluding hydrogens is 438 g/mol. The van der Waals surface area contributed by atoms with Crippen LogP contribution in [0.25, 0.3) is 0 Å². The number of anilines is 1. The van der Waals surface area contributed by atoms with Crippen molar-refractivity contribution in [1.82, 2.24) is 5.32 Å². The normalized spacial score (nSPS) is 13.3. The molecule has 0 bridgehead atoms. The van der Waals surface area contributed by atoms with E-state index in [1.807, 2.05) is 0 Å². The van der Waals surface area contributed by atoms with Gasteiger partial charge in [0, 0.05) is 30.7 Å². The van der Waals surface area contributed by atoms with Gasteiger partial charge in [-0.25, -0.2) is 22.6 Å². The Morgan fingerprint density at radius 3 is 2.27 bits per heavy atom. The zero-order valence-corrected chi connectivity index (χ0v) is 17.1. The number of benzene rings is 3. The largest absolute Gasteiger partial charge is 0.348 e. The summed E-state index contributed by atoms with van der Waals surface area (Å²) in [6.45, 7) is -0.0620. The van der Waals surface area contributed by atoms with Crippen LogP contribution in [0.5, 0.6) is 0 Å². The van der Waals surface area contributed by atoms with Gasteiger partial charge in [0.1, 0.15) is 23.3 Å². The summed E-state index contributed by atoms with van der Waals surface area (Å²) >= 11 is 0. The van der Waals surface area contributed by atoms with Crippen LogP contribution in [0.4, 0.5) is 23.2 Å². The summed E-state index contributed by atoms with van der Waals surface area (Å²) in [6, 6.07) is 12.2. The van der Waals surface area contributed by atoms with Crippen molar-refractivity contribution in [2.24, 2.45) is 5.10 Å². The Hall–Kier alpha value is -4.01. The second-order valence-corrected chi connectivity index (χ2v) is 7.47. The van der Waals surface area contributed by atoms with Crippen LogP contribution in [-0.2, 0) is 17.8 Å². The van der Waals surface area contributed by atoms with Crippen LogP contribution < -0.4 is 10.3 Å². The summed E-state index contributed by atoms with van der Waals surface area (Å²) < 4.78 is 53.5. The van der Waals surface area contributed by atoms with Gasteiger partial charge in [0.2, 0.25) is 0 Å². The van der Waals surface area contributed by atoms with Gasteiger partial charge in [-0.05, 0) is 53.6 Å². The zero-order chi connectivity index (χ0) is 23.5. The lowest BCUT2D eigenvalue weighted by atomic mass is 10.1. The van der Waals surface area contributed by atoms with E-state index in [-0.39, 0.29) is 42.0 Å². The Morgan fingerprint density at radius 2 is 1.61 bits per heavy atom. The van der Waals surface area contributed by atoms with Crippen LogP contribution in [0, 0.1) is 23.3 Å². The molecule has 0 aromatic heterocycles. The predicted molar refractivity (Wildman–Crippen MR) is 114 cm³/mol. The molecule has 0 radical (unpaired) electrons. The molecule has 1 aliphatic heterocycles. The monoisotopic (exact) mass is 455 g/mol. The Morgan fingerprint density at radius 1 is 0.909 bits per heavy atom. The Kier molecular flexibility index (Phi) is 6.21. The summed E-state index contributed by atoms with van der Waals surface area (Å²) in [4.78, 5) is 24.7. The fourth-order valence-corrected chi connectivity index (χ4v) is 3.42. The number of nitrogens with zero attached hydrogens (tertiary/aromatic N) is 2. The maximum atomic E-state index is 13.9. The van der Waals surface area contributed by atoms with Gasteiger partial charge < -0.3 is 5.32 Å². The lowest BCUT2D eigenvalue weighted by Crippen LogP contribution is -2.23. The van der Waals surface area contributed by atoms with E-state index in [9.17, 15) is 27.2 Å². The minimum atomic E-state index is -0.735. The first-order chi connectivity index (χ1) is 15.8. The molecule has 0 fully saturated rings. The molecule has 1 heterocycles. The predicted octanol–water partition coefficient (Wildman–Crippen LogP) is 4.51. The van der Waals surface area contributed by atoms with Gasteiger partial charge in [0.25, 0.3) is 11.8 Å². The molecule has 0 spiro atoms. The third kappa shape index (κ3) is 5.25. The average Bonchev–Trinajstić information content (AvgIpc) is 3.13. The van der Waals surface area contributed by atoms with Gasteiger partial charge >= 0.3 is 0 Å². The van der Waals surface area contributed by atoms with Crippen molar-refractivity contribution in [3.63, 3.8) is 0 Å². The maximum absolute atomic E-state index is 13.9. The number of hydrazone groups is 1. The summed E-state index contributed by atoms with van der Waals surface area (Å²) in [5.41, 5.74) is 1.63. The van der Waals surface area contributed by atoms with Gasteiger partial charge in [-0.3, -0.25) is 9.59 Å². The standard InChI is InChI=1S/C24H17F4N3O2/c25-17-4-1-16(22(28)11-17)9-20-12-23(32)31(30-20)21-5-2-15(3-6-21)24(33)29-13-14-7-18(26)10-19(27)8-14/h1-8,10-11H,9,12-13H2,(H,29,33). The van der Waals surface area contributed by atoms with Gasteiger partial charge in [-0.2, -0.15) is 5.10 Å². The van der Waals surface area contributed by atoms with Crippen molar-refractivity contribution in [2.45, 2.75) is 19.4 Å². The van der Waals surface area contributed by atoms with E-state index in [4.69, 9.17) is 0 Å². The number of amides is 2. The number of hydrogen-bond donors (Lipinski definition) is 1. The number of hydrogen-bond acceptors (Lipinski definition) is 3. The molecule has 2 amide bonds. The number of halogens is 4. The fourth-order valence-electron chi connectivity index (χ4n) is 3.42. The van der Waals surface area contributed by atoms with Crippen molar-refractivity contribution >= 4 is 23.2 Å². The highest BCUT2D eigenvalue weighted by Crippen LogP contribution is 2.23. The SMILES string of the molecule is O=C(NCc1cc(F)cc(F)c1)c1ccc(N2N=C(Cc3ccc(F)cc3F)CC2=O)cc1. The molecular formula is C24H17F4N3O2.